The number of carbonyl (C=O) groups excluding carboxylic acids is 1. The monoisotopic (exact) mass is 480 g/mol. The fourth-order valence-corrected chi connectivity index (χ4v) is 3.64. The molecule has 3 heterocycles. The minimum Gasteiger partial charge on any atom is -0.493 e. The zero-order valence-electron chi connectivity index (χ0n) is 19.1. The van der Waals surface area contributed by atoms with Crippen molar-refractivity contribution in [2.24, 2.45) is 0 Å². The third kappa shape index (κ3) is 4.28. The third-order valence-corrected chi connectivity index (χ3v) is 5.28. The van der Waals surface area contributed by atoms with Gasteiger partial charge >= 0.3 is 6.01 Å². The van der Waals surface area contributed by atoms with Gasteiger partial charge in [0.25, 0.3) is 0 Å². The molecule has 3 N–H and O–H groups in total. The van der Waals surface area contributed by atoms with E-state index in [1.165, 1.54) is 17.0 Å². The van der Waals surface area contributed by atoms with E-state index in [9.17, 15) is 4.79 Å². The van der Waals surface area contributed by atoms with E-state index >= 15 is 0 Å². The quantitative estimate of drug-likeness (QED) is 0.333. The molecule has 0 bridgehead atoms. The minimum absolute atomic E-state index is 0.196. The summed E-state index contributed by atoms with van der Waals surface area (Å²) in [6.45, 7) is 3.47. The molecule has 0 unspecified atom stereocenters. The Morgan fingerprint density at radius 2 is 1.81 bits per heavy atom. The molecule has 0 aliphatic heterocycles. The molecule has 178 valence electrons. The number of nitrogens with zero attached hydrogens (tertiary/aromatic N) is 6. The van der Waals surface area contributed by atoms with Crippen LogP contribution in [0.4, 0.5) is 11.5 Å². The summed E-state index contributed by atoms with van der Waals surface area (Å²) in [7, 11) is 1.54. The van der Waals surface area contributed by atoms with Gasteiger partial charge in [-0.3, -0.25) is 4.79 Å². The molecule has 11 nitrogen and oxygen atoms in total. The highest BCUT2D eigenvalue weighted by molar-refractivity contribution is 5.99. The SMILES string of the molecule is C=CC(=O)Nc1ccc(-c2nn3ncnc(N)c3c2-c2ccc(Oc3ncccn3)c(OC)c2)cc1. The van der Waals surface area contributed by atoms with Crippen molar-refractivity contribution >= 4 is 22.9 Å². The molecule has 2 aromatic carbocycles. The number of nitrogen functional groups attached to an aromatic ring is 1. The number of benzene rings is 2. The number of hydrogen-bond acceptors (Lipinski definition) is 9. The Morgan fingerprint density at radius 1 is 1.06 bits per heavy atom. The lowest BCUT2D eigenvalue weighted by atomic mass is 9.99. The first kappa shape index (κ1) is 22.5. The Hall–Kier alpha value is -5.32. The Morgan fingerprint density at radius 3 is 2.53 bits per heavy atom. The van der Waals surface area contributed by atoms with Crippen molar-refractivity contribution in [3.63, 3.8) is 0 Å². The van der Waals surface area contributed by atoms with Crippen molar-refractivity contribution in [3.8, 4) is 39.9 Å². The van der Waals surface area contributed by atoms with Gasteiger partial charge in [0.05, 0.1) is 7.11 Å². The number of fused-ring (bicyclic) bond motifs is 1. The molecule has 36 heavy (non-hydrogen) atoms. The van der Waals surface area contributed by atoms with Crippen LogP contribution in [0.15, 0.2) is 79.9 Å². The lowest BCUT2D eigenvalue weighted by Crippen LogP contribution is -2.06. The number of ether oxygens (including phenoxy) is 2. The van der Waals surface area contributed by atoms with E-state index in [2.05, 4.69) is 37.0 Å². The first-order valence-electron chi connectivity index (χ1n) is 10.7. The zero-order chi connectivity index (χ0) is 25.1. The second kappa shape index (κ2) is 9.50. The van der Waals surface area contributed by atoms with Crippen molar-refractivity contribution in [1.82, 2.24) is 29.8 Å². The number of nitrogens with one attached hydrogen (secondary N) is 1. The molecule has 0 fully saturated rings. The Balaban J connectivity index is 1.62. The van der Waals surface area contributed by atoms with Crippen molar-refractivity contribution in [3.05, 3.63) is 79.9 Å². The molecule has 11 heteroatoms. The lowest BCUT2D eigenvalue weighted by Gasteiger charge is -2.12. The van der Waals surface area contributed by atoms with Crippen LogP contribution in [0.25, 0.3) is 27.9 Å². The van der Waals surface area contributed by atoms with Crippen LogP contribution in [-0.2, 0) is 4.79 Å². The molecule has 0 aliphatic rings. The fourth-order valence-electron chi connectivity index (χ4n) is 3.64. The second-order valence-corrected chi connectivity index (χ2v) is 7.48. The van der Waals surface area contributed by atoms with Gasteiger partial charge < -0.3 is 20.5 Å². The summed E-state index contributed by atoms with van der Waals surface area (Å²) in [5.74, 6) is 0.875. The van der Waals surface area contributed by atoms with Gasteiger partial charge in [-0.15, -0.1) is 14.8 Å². The van der Waals surface area contributed by atoms with Gasteiger partial charge in [0.1, 0.15) is 17.5 Å². The molecule has 3 aromatic heterocycles. The van der Waals surface area contributed by atoms with Crippen LogP contribution in [0.2, 0.25) is 0 Å². The smallest absolute Gasteiger partial charge is 0.321 e. The Kier molecular flexibility index (Phi) is 5.93. The number of amides is 1. The molecule has 0 saturated heterocycles. The first-order chi connectivity index (χ1) is 17.6. The van der Waals surface area contributed by atoms with E-state index in [0.717, 1.165) is 11.1 Å². The number of anilines is 2. The number of carbonyl (C=O) groups is 1. The Labute approximate surface area is 205 Å². The van der Waals surface area contributed by atoms with Crippen LogP contribution >= 0.6 is 0 Å². The third-order valence-electron chi connectivity index (χ3n) is 5.28. The summed E-state index contributed by atoms with van der Waals surface area (Å²) in [6, 6.07) is 14.5. The molecule has 5 rings (SSSR count). The maximum Gasteiger partial charge on any atom is 0.321 e. The average Bonchev–Trinajstić information content (AvgIpc) is 3.31. The van der Waals surface area contributed by atoms with Gasteiger partial charge in [0, 0.05) is 29.2 Å². The molecule has 0 atom stereocenters. The average molecular weight is 480 g/mol. The van der Waals surface area contributed by atoms with Crippen molar-refractivity contribution in [2.45, 2.75) is 0 Å². The molecule has 1 amide bonds. The minimum atomic E-state index is -0.297. The predicted molar refractivity (Wildman–Crippen MR) is 134 cm³/mol. The largest absolute Gasteiger partial charge is 0.493 e. The number of hydrogen-bond donors (Lipinski definition) is 2. The van der Waals surface area contributed by atoms with E-state index in [4.69, 9.17) is 15.2 Å². The van der Waals surface area contributed by atoms with Gasteiger partial charge in [-0.1, -0.05) is 24.8 Å². The molecule has 0 saturated carbocycles. The molecular weight excluding hydrogens is 460 g/mol. The number of rotatable bonds is 7. The fraction of sp³-hybridized carbons (Fsp3) is 0.0400. The maximum absolute atomic E-state index is 11.6. The Bertz CT molecular complexity index is 1570. The van der Waals surface area contributed by atoms with Crippen LogP contribution in [-0.4, -0.2) is 42.8 Å². The molecule has 0 aliphatic carbocycles. The summed E-state index contributed by atoms with van der Waals surface area (Å²) >= 11 is 0. The highest BCUT2D eigenvalue weighted by Crippen LogP contribution is 2.41. The predicted octanol–water partition coefficient (Wildman–Crippen LogP) is 3.76. The van der Waals surface area contributed by atoms with Gasteiger partial charge in [-0.25, -0.2) is 15.0 Å². The van der Waals surface area contributed by atoms with Gasteiger partial charge in [-0.2, -0.15) is 0 Å². The number of nitrogens with two attached hydrogens (primary N) is 1. The van der Waals surface area contributed by atoms with Gasteiger partial charge in [-0.05, 0) is 42.0 Å². The second-order valence-electron chi connectivity index (χ2n) is 7.48. The van der Waals surface area contributed by atoms with Crippen molar-refractivity contribution < 1.29 is 14.3 Å². The highest BCUT2D eigenvalue weighted by atomic mass is 16.5. The summed E-state index contributed by atoms with van der Waals surface area (Å²) < 4.78 is 12.8. The van der Waals surface area contributed by atoms with Crippen LogP contribution < -0.4 is 20.5 Å². The van der Waals surface area contributed by atoms with E-state index < -0.39 is 0 Å². The summed E-state index contributed by atoms with van der Waals surface area (Å²) in [5.41, 5.74) is 10.3. The topological polar surface area (TPSA) is 142 Å². The summed E-state index contributed by atoms with van der Waals surface area (Å²) in [6.07, 6.45) is 5.73. The van der Waals surface area contributed by atoms with Crippen LogP contribution in [0.3, 0.4) is 0 Å². The van der Waals surface area contributed by atoms with E-state index in [1.807, 2.05) is 24.3 Å². The zero-order valence-corrected chi connectivity index (χ0v) is 19.1. The van der Waals surface area contributed by atoms with Gasteiger partial charge in [0.2, 0.25) is 5.91 Å². The van der Waals surface area contributed by atoms with Gasteiger partial charge in [0.15, 0.2) is 17.3 Å². The molecular formula is C25H20N8O3. The molecule has 0 radical (unpaired) electrons. The van der Waals surface area contributed by atoms with Crippen LogP contribution in [0, 0.1) is 0 Å². The molecule has 5 aromatic rings. The van der Waals surface area contributed by atoms with E-state index in [1.54, 1.807) is 43.8 Å². The van der Waals surface area contributed by atoms with Crippen molar-refractivity contribution in [1.29, 1.82) is 0 Å². The summed E-state index contributed by atoms with van der Waals surface area (Å²) in [5, 5.41) is 11.6. The lowest BCUT2D eigenvalue weighted by molar-refractivity contribution is -0.111. The molecule has 0 spiro atoms. The number of methoxy groups -OCH3 is 1. The first-order valence-corrected chi connectivity index (χ1v) is 10.7. The normalized spacial score (nSPS) is 10.7. The maximum atomic E-state index is 11.6. The van der Waals surface area contributed by atoms with E-state index in [0.29, 0.717) is 34.0 Å². The van der Waals surface area contributed by atoms with Crippen molar-refractivity contribution in [2.75, 3.05) is 18.2 Å². The van der Waals surface area contributed by atoms with Crippen LogP contribution in [0.1, 0.15) is 0 Å². The standard InChI is InChI=1S/C25H20N8O3/c1-3-20(34)31-17-8-5-15(6-9-17)22-21(23-24(26)29-14-30-33(23)32-22)16-7-10-18(19(13-16)35-2)36-25-27-11-4-12-28-25/h3-14H,1H2,2H3,(H,31,34)(H2,26,29,30). The summed E-state index contributed by atoms with van der Waals surface area (Å²) in [4.78, 5) is 24.0. The van der Waals surface area contributed by atoms with Crippen LogP contribution in [0.5, 0.6) is 17.5 Å². The highest BCUT2D eigenvalue weighted by Gasteiger charge is 2.21. The van der Waals surface area contributed by atoms with E-state index in [-0.39, 0.29) is 17.7 Å². The number of aromatic nitrogens is 6.